The van der Waals surface area contributed by atoms with Crippen molar-refractivity contribution >= 4 is 16.9 Å². The molecule has 1 aromatic heterocycles. The normalized spacial score (nSPS) is 31.5. The van der Waals surface area contributed by atoms with Gasteiger partial charge in [-0.15, -0.1) is 0 Å². The summed E-state index contributed by atoms with van der Waals surface area (Å²) in [6.07, 6.45) is -16.6. The van der Waals surface area contributed by atoms with Crippen LogP contribution in [0.3, 0.4) is 0 Å². The maximum atomic E-state index is 13.6. The molecular weight excluding hydrogens is 620 g/mol. The molecule has 46 heavy (non-hydrogen) atoms. The molecule has 9 N–H and O–H groups in total. The number of benzene rings is 2. The van der Waals surface area contributed by atoms with Crippen LogP contribution in [-0.2, 0) is 23.7 Å². The molecule has 3 aromatic rings. The van der Waals surface area contributed by atoms with E-state index in [-0.39, 0.29) is 16.9 Å². The number of aliphatic hydroxyl groups is 5. The first-order valence-corrected chi connectivity index (χ1v) is 13.9. The Hall–Kier alpha value is -4.20. The zero-order valence-electron chi connectivity index (χ0n) is 24.2. The Balaban J connectivity index is 1.43. The first-order valence-electron chi connectivity index (χ1n) is 13.9. The molecule has 2 aliphatic heterocycles. The van der Waals surface area contributed by atoms with Gasteiger partial charge in [0, 0.05) is 24.6 Å². The van der Waals surface area contributed by atoms with Gasteiger partial charge in [-0.1, -0.05) is 0 Å². The van der Waals surface area contributed by atoms with Crippen molar-refractivity contribution in [1.29, 1.82) is 0 Å². The molecule has 2 fully saturated rings. The molecular formula is C29H32O17. The number of hydrogen-bond donors (Lipinski definition) is 9. The van der Waals surface area contributed by atoms with Crippen LogP contribution < -0.4 is 10.2 Å². The second kappa shape index (κ2) is 12.9. The zero-order valence-corrected chi connectivity index (χ0v) is 24.2. The molecule has 0 aliphatic carbocycles. The lowest BCUT2D eigenvalue weighted by Crippen LogP contribution is -2.64. The van der Waals surface area contributed by atoms with E-state index in [2.05, 4.69) is 0 Å². The summed E-state index contributed by atoms with van der Waals surface area (Å²) in [6, 6.07) is 5.29. The Kier molecular flexibility index (Phi) is 9.30. The van der Waals surface area contributed by atoms with Gasteiger partial charge in [0.2, 0.25) is 17.5 Å². The number of carbonyl (C=O) groups excluding carboxylic acids is 1. The number of hydrogen-bond acceptors (Lipinski definition) is 17. The number of phenols is 4. The van der Waals surface area contributed by atoms with E-state index in [0.717, 1.165) is 31.2 Å². The van der Waals surface area contributed by atoms with Crippen LogP contribution in [0.2, 0.25) is 0 Å². The van der Waals surface area contributed by atoms with Crippen molar-refractivity contribution in [2.75, 3.05) is 6.61 Å². The standard InChI is InChI=1S/C29H32O17/c1-9-25(45-29-23(39)21(37)19(35)17(44-29)8-41-10(2)30)22(38)24(40)28(42-9)46-27-20(36)18-15(34)6-12(31)7-16(18)43-26(27)11-3-4-13(32)14(33)5-11/h3-7,9,17,19,21-25,28-29,31-35,37-40H,8H2,1-2H3/t9-,17-,19-,21+,22+,23-,24-,25?,28+,29+/m1/s1. The lowest BCUT2D eigenvalue weighted by Gasteiger charge is -2.45. The lowest BCUT2D eigenvalue weighted by atomic mass is 9.97. The van der Waals surface area contributed by atoms with Crippen molar-refractivity contribution in [2.45, 2.75) is 75.3 Å². The summed E-state index contributed by atoms with van der Waals surface area (Å²) in [5, 5.41) is 92.7. The maximum Gasteiger partial charge on any atom is 0.302 e. The molecule has 2 aliphatic rings. The van der Waals surface area contributed by atoms with Crippen molar-refractivity contribution in [1.82, 2.24) is 0 Å². The number of ether oxygens (including phenoxy) is 5. The smallest absolute Gasteiger partial charge is 0.302 e. The number of fused-ring (bicyclic) bond motifs is 1. The van der Waals surface area contributed by atoms with E-state index in [1.165, 1.54) is 13.0 Å². The van der Waals surface area contributed by atoms with E-state index in [1.807, 2.05) is 0 Å². The highest BCUT2D eigenvalue weighted by atomic mass is 16.7. The molecule has 250 valence electrons. The van der Waals surface area contributed by atoms with Crippen molar-refractivity contribution in [3.63, 3.8) is 0 Å². The van der Waals surface area contributed by atoms with Crippen LogP contribution in [0.1, 0.15) is 13.8 Å². The predicted octanol–water partition coefficient (Wildman–Crippen LogP) is -1.12. The van der Waals surface area contributed by atoms with Gasteiger partial charge < -0.3 is 74.1 Å². The monoisotopic (exact) mass is 652 g/mol. The Bertz CT molecular complexity index is 1650. The Morgan fingerprint density at radius 3 is 2.20 bits per heavy atom. The molecule has 0 saturated carbocycles. The van der Waals surface area contributed by atoms with Crippen LogP contribution in [0.5, 0.6) is 28.7 Å². The van der Waals surface area contributed by atoms with Gasteiger partial charge in [-0.05, 0) is 25.1 Å². The molecule has 0 spiro atoms. The Labute approximate surface area is 258 Å². The van der Waals surface area contributed by atoms with E-state index in [0.29, 0.717) is 0 Å². The quantitative estimate of drug-likeness (QED) is 0.108. The average molecular weight is 653 g/mol. The van der Waals surface area contributed by atoms with Gasteiger partial charge in [0.1, 0.15) is 71.8 Å². The van der Waals surface area contributed by atoms with E-state index in [1.54, 1.807) is 0 Å². The highest BCUT2D eigenvalue weighted by Crippen LogP contribution is 2.39. The van der Waals surface area contributed by atoms with Crippen LogP contribution in [0.15, 0.2) is 39.5 Å². The summed E-state index contributed by atoms with van der Waals surface area (Å²) >= 11 is 0. The number of esters is 1. The molecule has 2 aromatic carbocycles. The first kappa shape index (κ1) is 33.2. The van der Waals surface area contributed by atoms with E-state index in [9.17, 15) is 55.5 Å². The molecule has 17 heteroatoms. The van der Waals surface area contributed by atoms with Crippen molar-refractivity contribution in [2.24, 2.45) is 0 Å². The van der Waals surface area contributed by atoms with E-state index >= 15 is 0 Å². The number of aliphatic hydroxyl groups excluding tert-OH is 5. The van der Waals surface area contributed by atoms with Gasteiger partial charge in [-0.25, -0.2) is 0 Å². The Morgan fingerprint density at radius 2 is 1.52 bits per heavy atom. The van der Waals surface area contributed by atoms with Crippen LogP contribution in [0.25, 0.3) is 22.3 Å². The third-order valence-corrected chi connectivity index (χ3v) is 7.58. The highest BCUT2D eigenvalue weighted by Gasteiger charge is 2.50. The van der Waals surface area contributed by atoms with Gasteiger partial charge in [0.15, 0.2) is 23.5 Å². The second-order valence-electron chi connectivity index (χ2n) is 10.9. The molecule has 5 rings (SSSR count). The fourth-order valence-corrected chi connectivity index (χ4v) is 5.16. The summed E-state index contributed by atoms with van der Waals surface area (Å²) in [5.74, 6) is -3.94. The maximum absolute atomic E-state index is 13.6. The molecule has 3 heterocycles. The summed E-state index contributed by atoms with van der Waals surface area (Å²) in [5.41, 5.74) is -1.29. The fourth-order valence-electron chi connectivity index (χ4n) is 5.16. The van der Waals surface area contributed by atoms with Crippen molar-refractivity contribution < 1.29 is 78.9 Å². The summed E-state index contributed by atoms with van der Waals surface area (Å²) in [6.45, 7) is 1.99. The summed E-state index contributed by atoms with van der Waals surface area (Å²) < 4.78 is 33.2. The minimum atomic E-state index is -1.96. The predicted molar refractivity (Wildman–Crippen MR) is 150 cm³/mol. The zero-order chi connectivity index (χ0) is 33.6. The molecule has 0 amide bonds. The number of rotatable bonds is 7. The number of phenolic OH excluding ortho intramolecular Hbond substituents is 4. The average Bonchev–Trinajstić information content (AvgIpc) is 2.99. The van der Waals surface area contributed by atoms with E-state index < -0.39 is 114 Å². The topological polar surface area (TPSA) is 275 Å². The Morgan fingerprint density at radius 1 is 0.826 bits per heavy atom. The number of aromatic hydroxyl groups is 4. The second-order valence-corrected chi connectivity index (χ2v) is 10.9. The van der Waals surface area contributed by atoms with Gasteiger partial charge >= 0.3 is 5.97 Å². The van der Waals surface area contributed by atoms with Gasteiger partial charge in [0.25, 0.3) is 0 Å². The SMILES string of the molecule is CC(=O)OC[C@H]1O[C@@H](OC2[C@@H](O)[C@@H](O)[C@H](Oc3c(-c4ccc(O)c(O)c4)oc4cc(O)cc(O)c4c3=O)O[C@@H]2C)[C@H](O)[C@@H](O)[C@@H]1O. The van der Waals surface area contributed by atoms with Gasteiger partial charge in [0.05, 0.1) is 6.10 Å². The largest absolute Gasteiger partial charge is 0.508 e. The summed E-state index contributed by atoms with van der Waals surface area (Å²) in [4.78, 5) is 24.8. The third-order valence-electron chi connectivity index (χ3n) is 7.58. The van der Waals surface area contributed by atoms with Gasteiger partial charge in [-0.2, -0.15) is 0 Å². The molecule has 17 nitrogen and oxygen atoms in total. The van der Waals surface area contributed by atoms with E-state index in [4.69, 9.17) is 28.1 Å². The first-order chi connectivity index (χ1) is 21.7. The van der Waals surface area contributed by atoms with Crippen LogP contribution in [0.4, 0.5) is 0 Å². The third kappa shape index (κ3) is 6.26. The molecule has 0 radical (unpaired) electrons. The summed E-state index contributed by atoms with van der Waals surface area (Å²) in [7, 11) is 0. The van der Waals surface area contributed by atoms with Crippen molar-refractivity contribution in [3.05, 3.63) is 40.6 Å². The van der Waals surface area contributed by atoms with Crippen molar-refractivity contribution in [3.8, 4) is 40.1 Å². The fraction of sp³-hybridized carbons (Fsp3) is 0.448. The molecule has 10 atom stereocenters. The molecule has 0 bridgehead atoms. The highest BCUT2D eigenvalue weighted by molar-refractivity contribution is 5.88. The van der Waals surface area contributed by atoms with Crippen LogP contribution in [0, 0.1) is 0 Å². The van der Waals surface area contributed by atoms with Crippen LogP contribution in [-0.4, -0.2) is 120 Å². The van der Waals surface area contributed by atoms with Crippen LogP contribution >= 0.6 is 0 Å². The minimum Gasteiger partial charge on any atom is -0.508 e. The van der Waals surface area contributed by atoms with Gasteiger partial charge in [-0.3, -0.25) is 9.59 Å². The number of carbonyl (C=O) groups is 1. The minimum absolute atomic E-state index is 0.0141. The molecule has 2 saturated heterocycles. The molecule has 1 unspecified atom stereocenters. The lowest BCUT2D eigenvalue weighted by molar-refractivity contribution is -0.349.